The average molecular weight is 401 g/mol. The maximum atomic E-state index is 12.8. The molecule has 0 radical (unpaired) electrons. The van der Waals surface area contributed by atoms with Crippen LogP contribution in [0.4, 0.5) is 5.69 Å². The van der Waals surface area contributed by atoms with E-state index < -0.39 is 12.6 Å². The van der Waals surface area contributed by atoms with Crippen molar-refractivity contribution in [2.24, 2.45) is 0 Å². The summed E-state index contributed by atoms with van der Waals surface area (Å²) in [4.78, 5) is 31.5. The van der Waals surface area contributed by atoms with Crippen LogP contribution in [0.25, 0.3) is 10.9 Å². The molecule has 1 heterocycles. The third-order valence-corrected chi connectivity index (χ3v) is 4.96. The fourth-order valence-corrected chi connectivity index (χ4v) is 3.39. The van der Waals surface area contributed by atoms with Crippen LogP contribution in [-0.4, -0.2) is 30.0 Å². The zero-order valence-corrected chi connectivity index (χ0v) is 17.3. The molecular formula is C24H23N3O3. The minimum Gasteiger partial charge on any atom is -0.452 e. The van der Waals surface area contributed by atoms with E-state index in [-0.39, 0.29) is 18.9 Å². The van der Waals surface area contributed by atoms with Crippen LogP contribution in [-0.2, 0) is 9.53 Å². The number of nitrogens with zero attached hydrogens (tertiary/aromatic N) is 3. The van der Waals surface area contributed by atoms with Crippen molar-refractivity contribution in [2.75, 3.05) is 18.1 Å². The van der Waals surface area contributed by atoms with Crippen molar-refractivity contribution < 1.29 is 14.3 Å². The lowest BCUT2D eigenvalue weighted by atomic mass is 10.0. The summed E-state index contributed by atoms with van der Waals surface area (Å²) in [5, 5.41) is 9.79. The van der Waals surface area contributed by atoms with E-state index in [1.807, 2.05) is 68.4 Å². The molecule has 0 aliphatic rings. The highest BCUT2D eigenvalue weighted by atomic mass is 16.5. The van der Waals surface area contributed by atoms with Gasteiger partial charge in [-0.2, -0.15) is 5.26 Å². The van der Waals surface area contributed by atoms with Gasteiger partial charge in [-0.15, -0.1) is 0 Å². The number of benzene rings is 2. The molecule has 0 atom stereocenters. The minimum atomic E-state index is -0.583. The number of rotatable bonds is 6. The Morgan fingerprint density at radius 1 is 1.07 bits per heavy atom. The van der Waals surface area contributed by atoms with Crippen molar-refractivity contribution in [1.29, 1.82) is 5.26 Å². The van der Waals surface area contributed by atoms with Crippen LogP contribution in [0, 0.1) is 32.1 Å². The van der Waals surface area contributed by atoms with E-state index in [1.54, 1.807) is 6.92 Å². The number of amides is 1. The molecule has 0 saturated carbocycles. The van der Waals surface area contributed by atoms with Gasteiger partial charge in [-0.05, 0) is 44.5 Å². The molecule has 0 fully saturated rings. The summed E-state index contributed by atoms with van der Waals surface area (Å²) in [7, 11) is 0. The second-order valence-corrected chi connectivity index (χ2v) is 7.08. The number of hydrogen-bond donors (Lipinski definition) is 0. The number of para-hydroxylation sites is 1. The summed E-state index contributed by atoms with van der Waals surface area (Å²) in [5.74, 6) is -0.966. The second-order valence-electron chi connectivity index (χ2n) is 7.08. The Morgan fingerprint density at radius 3 is 2.47 bits per heavy atom. The number of aryl methyl sites for hydroxylation is 3. The van der Waals surface area contributed by atoms with Gasteiger partial charge in [0.25, 0.3) is 5.91 Å². The van der Waals surface area contributed by atoms with E-state index in [1.165, 1.54) is 4.90 Å². The number of anilines is 1. The van der Waals surface area contributed by atoms with Crippen LogP contribution < -0.4 is 4.90 Å². The zero-order valence-electron chi connectivity index (χ0n) is 17.3. The normalized spacial score (nSPS) is 10.5. The fraction of sp³-hybridized carbons (Fsp3) is 0.250. The summed E-state index contributed by atoms with van der Waals surface area (Å²) < 4.78 is 5.35. The Labute approximate surface area is 175 Å². The van der Waals surface area contributed by atoms with Gasteiger partial charge in [0, 0.05) is 17.6 Å². The van der Waals surface area contributed by atoms with E-state index in [0.29, 0.717) is 16.9 Å². The first-order chi connectivity index (χ1) is 14.4. The molecule has 30 heavy (non-hydrogen) atoms. The van der Waals surface area contributed by atoms with Crippen molar-refractivity contribution in [3.05, 3.63) is 70.9 Å². The molecule has 0 unspecified atom stereocenters. The molecule has 152 valence electrons. The summed E-state index contributed by atoms with van der Waals surface area (Å²) in [5.41, 5.74) is 4.24. The van der Waals surface area contributed by atoms with Crippen LogP contribution >= 0.6 is 0 Å². The van der Waals surface area contributed by atoms with Gasteiger partial charge < -0.3 is 9.64 Å². The molecule has 0 N–H and O–H groups in total. The molecule has 3 aromatic rings. The molecule has 0 aliphatic heterocycles. The van der Waals surface area contributed by atoms with Crippen molar-refractivity contribution >= 4 is 28.5 Å². The molecule has 0 saturated heterocycles. The molecule has 6 nitrogen and oxygen atoms in total. The van der Waals surface area contributed by atoms with Crippen molar-refractivity contribution in [3.63, 3.8) is 0 Å². The number of aromatic nitrogens is 1. The minimum absolute atomic E-state index is 0.181. The lowest BCUT2D eigenvalue weighted by Crippen LogP contribution is -2.35. The maximum absolute atomic E-state index is 12.8. The van der Waals surface area contributed by atoms with E-state index in [9.17, 15) is 9.59 Å². The van der Waals surface area contributed by atoms with Crippen LogP contribution in [0.2, 0.25) is 0 Å². The van der Waals surface area contributed by atoms with Crippen molar-refractivity contribution in [3.8, 4) is 6.07 Å². The number of pyridine rings is 1. The summed E-state index contributed by atoms with van der Waals surface area (Å²) in [6, 6.07) is 17.0. The van der Waals surface area contributed by atoms with Gasteiger partial charge in [0.2, 0.25) is 0 Å². The molecule has 1 amide bonds. The fourth-order valence-electron chi connectivity index (χ4n) is 3.39. The summed E-state index contributed by atoms with van der Waals surface area (Å²) in [6.07, 6.45) is 0.181. The Bertz CT molecular complexity index is 1130. The van der Waals surface area contributed by atoms with Crippen LogP contribution in [0.15, 0.2) is 48.5 Å². The zero-order chi connectivity index (χ0) is 21.7. The monoisotopic (exact) mass is 401 g/mol. The second kappa shape index (κ2) is 9.19. The first-order valence-electron chi connectivity index (χ1n) is 9.69. The van der Waals surface area contributed by atoms with Gasteiger partial charge in [-0.3, -0.25) is 9.78 Å². The van der Waals surface area contributed by atoms with Gasteiger partial charge in [0.05, 0.1) is 29.3 Å². The molecule has 0 spiro atoms. The Hall–Kier alpha value is -3.72. The highest BCUT2D eigenvalue weighted by Crippen LogP contribution is 2.23. The maximum Gasteiger partial charge on any atom is 0.340 e. The first kappa shape index (κ1) is 21.0. The van der Waals surface area contributed by atoms with E-state index in [2.05, 4.69) is 4.98 Å². The molecule has 0 aliphatic carbocycles. The SMILES string of the molecule is Cc1ccc(N(CCC#N)C(=O)COC(=O)c2c(C)nc3ccccc3c2C)cc1. The van der Waals surface area contributed by atoms with Crippen molar-refractivity contribution in [2.45, 2.75) is 27.2 Å². The third kappa shape index (κ3) is 4.47. The molecule has 6 heteroatoms. The van der Waals surface area contributed by atoms with Crippen LogP contribution in [0.3, 0.4) is 0 Å². The smallest absolute Gasteiger partial charge is 0.340 e. The summed E-state index contributed by atoms with van der Waals surface area (Å²) in [6.45, 7) is 5.37. The van der Waals surface area contributed by atoms with Crippen LogP contribution in [0.1, 0.15) is 33.6 Å². The lowest BCUT2D eigenvalue weighted by Gasteiger charge is -2.22. The largest absolute Gasteiger partial charge is 0.452 e. The predicted octanol–water partition coefficient (Wildman–Crippen LogP) is 4.26. The predicted molar refractivity (Wildman–Crippen MR) is 115 cm³/mol. The van der Waals surface area contributed by atoms with Gasteiger partial charge in [0.1, 0.15) is 0 Å². The topological polar surface area (TPSA) is 83.3 Å². The Balaban J connectivity index is 1.78. The first-order valence-corrected chi connectivity index (χ1v) is 9.69. The molecule has 2 aromatic carbocycles. The number of hydrogen-bond acceptors (Lipinski definition) is 5. The number of carbonyl (C=O) groups excluding carboxylic acids is 2. The van der Waals surface area contributed by atoms with E-state index in [0.717, 1.165) is 22.0 Å². The van der Waals surface area contributed by atoms with E-state index >= 15 is 0 Å². The summed E-state index contributed by atoms with van der Waals surface area (Å²) >= 11 is 0. The average Bonchev–Trinajstić information content (AvgIpc) is 2.73. The van der Waals surface area contributed by atoms with Crippen LogP contribution in [0.5, 0.6) is 0 Å². The number of carbonyl (C=O) groups is 2. The van der Waals surface area contributed by atoms with Gasteiger partial charge in [0.15, 0.2) is 6.61 Å². The van der Waals surface area contributed by atoms with E-state index in [4.69, 9.17) is 10.00 Å². The van der Waals surface area contributed by atoms with Gasteiger partial charge in [-0.25, -0.2) is 4.79 Å². The van der Waals surface area contributed by atoms with Gasteiger partial charge >= 0.3 is 5.97 Å². The molecule has 1 aromatic heterocycles. The standard InChI is InChI=1S/C24H23N3O3/c1-16-9-11-19(12-10-16)27(14-6-13-25)22(28)15-30-24(29)23-17(2)20-7-4-5-8-21(20)26-18(23)3/h4-5,7-12H,6,14-15H2,1-3H3. The highest BCUT2D eigenvalue weighted by molar-refractivity contribution is 6.00. The third-order valence-electron chi connectivity index (χ3n) is 4.96. The lowest BCUT2D eigenvalue weighted by molar-refractivity contribution is -0.121. The quantitative estimate of drug-likeness (QED) is 0.576. The number of ether oxygens (including phenoxy) is 1. The number of esters is 1. The molecule has 0 bridgehead atoms. The van der Waals surface area contributed by atoms with Crippen molar-refractivity contribution in [1.82, 2.24) is 4.98 Å². The van der Waals surface area contributed by atoms with Gasteiger partial charge in [-0.1, -0.05) is 35.9 Å². The number of nitriles is 1. The Morgan fingerprint density at radius 2 is 1.77 bits per heavy atom. The highest BCUT2D eigenvalue weighted by Gasteiger charge is 2.21. The molecule has 3 rings (SSSR count). The molecular weight excluding hydrogens is 378 g/mol. The number of fused-ring (bicyclic) bond motifs is 1. The Kier molecular flexibility index (Phi) is 6.43.